The van der Waals surface area contributed by atoms with E-state index in [9.17, 15) is 0 Å². The van der Waals surface area contributed by atoms with Crippen LogP contribution in [0.4, 0.5) is 0 Å². The van der Waals surface area contributed by atoms with E-state index in [1.54, 1.807) is 18.4 Å². The number of rotatable bonds is 7. The van der Waals surface area contributed by atoms with Gasteiger partial charge in [0.05, 0.1) is 12.6 Å². The van der Waals surface area contributed by atoms with Crippen LogP contribution in [0.5, 0.6) is 0 Å². The van der Waals surface area contributed by atoms with E-state index >= 15 is 0 Å². The predicted molar refractivity (Wildman–Crippen MR) is 65.2 cm³/mol. The van der Waals surface area contributed by atoms with E-state index in [0.717, 1.165) is 26.2 Å². The van der Waals surface area contributed by atoms with E-state index in [0.29, 0.717) is 0 Å². The summed E-state index contributed by atoms with van der Waals surface area (Å²) in [5.41, 5.74) is 6.12. The average molecular weight is 228 g/mol. The summed E-state index contributed by atoms with van der Waals surface area (Å²) in [6.07, 6.45) is 0. The molecule has 1 heterocycles. The smallest absolute Gasteiger partial charge is 0.0589 e. The standard InChI is InChI=1S/C11H20N2OS/c1-3-13(6-7-14-2)9-10(12)11-5-4-8-15-11/h4-5,8,10H,3,6-7,9,12H2,1-2H3. The molecule has 0 aliphatic carbocycles. The van der Waals surface area contributed by atoms with Gasteiger partial charge in [-0.05, 0) is 18.0 Å². The fourth-order valence-corrected chi connectivity index (χ4v) is 2.19. The van der Waals surface area contributed by atoms with Gasteiger partial charge in [0.25, 0.3) is 0 Å². The first-order valence-corrected chi connectivity index (χ1v) is 6.16. The zero-order chi connectivity index (χ0) is 11.1. The van der Waals surface area contributed by atoms with Gasteiger partial charge in [-0.2, -0.15) is 0 Å². The molecule has 0 saturated carbocycles. The highest BCUT2D eigenvalue weighted by molar-refractivity contribution is 7.10. The quantitative estimate of drug-likeness (QED) is 0.772. The SMILES string of the molecule is CCN(CCOC)CC(N)c1cccs1. The molecular formula is C11H20N2OS. The van der Waals surface area contributed by atoms with Gasteiger partial charge in [-0.3, -0.25) is 4.90 Å². The summed E-state index contributed by atoms with van der Waals surface area (Å²) in [4.78, 5) is 3.57. The Morgan fingerprint density at radius 2 is 2.40 bits per heavy atom. The van der Waals surface area contributed by atoms with E-state index in [1.807, 2.05) is 6.07 Å². The molecule has 1 aromatic rings. The Morgan fingerprint density at radius 1 is 1.60 bits per heavy atom. The molecule has 15 heavy (non-hydrogen) atoms. The Bertz CT molecular complexity index is 251. The van der Waals surface area contributed by atoms with Crippen LogP contribution in [0.25, 0.3) is 0 Å². The van der Waals surface area contributed by atoms with Gasteiger partial charge in [0.2, 0.25) is 0 Å². The number of hydrogen-bond donors (Lipinski definition) is 1. The molecule has 0 radical (unpaired) electrons. The first-order valence-electron chi connectivity index (χ1n) is 5.28. The van der Waals surface area contributed by atoms with Crippen molar-refractivity contribution >= 4 is 11.3 Å². The van der Waals surface area contributed by atoms with Gasteiger partial charge in [0, 0.05) is 25.1 Å². The fourth-order valence-electron chi connectivity index (χ4n) is 1.47. The normalized spacial score (nSPS) is 13.3. The number of nitrogens with zero attached hydrogens (tertiary/aromatic N) is 1. The summed E-state index contributed by atoms with van der Waals surface area (Å²) in [6.45, 7) is 5.79. The minimum atomic E-state index is 0.127. The van der Waals surface area contributed by atoms with Crippen molar-refractivity contribution in [2.45, 2.75) is 13.0 Å². The van der Waals surface area contributed by atoms with Crippen LogP contribution in [-0.2, 0) is 4.74 Å². The molecule has 0 aliphatic rings. The Morgan fingerprint density at radius 3 is 2.93 bits per heavy atom. The molecule has 0 fully saturated rings. The third kappa shape index (κ3) is 4.30. The summed E-state index contributed by atoms with van der Waals surface area (Å²) < 4.78 is 5.07. The van der Waals surface area contributed by atoms with Gasteiger partial charge in [0.1, 0.15) is 0 Å². The lowest BCUT2D eigenvalue weighted by Crippen LogP contribution is -2.34. The topological polar surface area (TPSA) is 38.5 Å². The van der Waals surface area contributed by atoms with E-state index in [2.05, 4.69) is 23.3 Å². The van der Waals surface area contributed by atoms with Gasteiger partial charge in [0.15, 0.2) is 0 Å². The van der Waals surface area contributed by atoms with Crippen molar-refractivity contribution in [2.75, 3.05) is 33.4 Å². The molecule has 1 rings (SSSR count). The summed E-state index contributed by atoms with van der Waals surface area (Å²) in [7, 11) is 1.73. The van der Waals surface area contributed by atoms with Crippen LogP contribution in [-0.4, -0.2) is 38.3 Å². The monoisotopic (exact) mass is 228 g/mol. The van der Waals surface area contributed by atoms with Gasteiger partial charge >= 0.3 is 0 Å². The molecule has 0 bridgehead atoms. The number of nitrogens with two attached hydrogens (primary N) is 1. The van der Waals surface area contributed by atoms with Crippen LogP contribution in [0, 0.1) is 0 Å². The minimum absolute atomic E-state index is 0.127. The molecule has 0 spiro atoms. The van der Waals surface area contributed by atoms with Crippen LogP contribution in [0.2, 0.25) is 0 Å². The minimum Gasteiger partial charge on any atom is -0.383 e. The first-order chi connectivity index (χ1) is 7.27. The van der Waals surface area contributed by atoms with Crippen molar-refractivity contribution in [3.63, 3.8) is 0 Å². The number of likely N-dealkylation sites (N-methyl/N-ethyl adjacent to an activating group) is 1. The lowest BCUT2D eigenvalue weighted by molar-refractivity contribution is 0.147. The largest absolute Gasteiger partial charge is 0.383 e. The second-order valence-electron chi connectivity index (χ2n) is 3.51. The molecule has 3 nitrogen and oxygen atoms in total. The lowest BCUT2D eigenvalue weighted by atomic mass is 10.2. The van der Waals surface area contributed by atoms with E-state index in [4.69, 9.17) is 10.5 Å². The van der Waals surface area contributed by atoms with Crippen LogP contribution in [0.1, 0.15) is 17.8 Å². The highest BCUT2D eigenvalue weighted by Gasteiger charge is 2.11. The van der Waals surface area contributed by atoms with E-state index in [1.165, 1.54) is 4.88 Å². The predicted octanol–water partition coefficient (Wildman–Crippen LogP) is 1.72. The summed E-state index contributed by atoms with van der Waals surface area (Å²) in [6, 6.07) is 4.27. The molecule has 1 aromatic heterocycles. The van der Waals surface area contributed by atoms with Gasteiger partial charge in [-0.25, -0.2) is 0 Å². The van der Waals surface area contributed by atoms with Crippen molar-refractivity contribution in [3.8, 4) is 0 Å². The van der Waals surface area contributed by atoms with Gasteiger partial charge in [-0.1, -0.05) is 13.0 Å². The number of thiophene rings is 1. The Hall–Kier alpha value is -0.420. The van der Waals surface area contributed by atoms with Crippen LogP contribution < -0.4 is 5.73 Å². The van der Waals surface area contributed by atoms with Crippen molar-refractivity contribution in [1.82, 2.24) is 4.90 Å². The fraction of sp³-hybridized carbons (Fsp3) is 0.636. The molecule has 86 valence electrons. The third-order valence-electron chi connectivity index (χ3n) is 2.42. The molecule has 0 amide bonds. The van der Waals surface area contributed by atoms with Gasteiger partial charge in [-0.15, -0.1) is 11.3 Å². The first kappa shape index (κ1) is 12.6. The van der Waals surface area contributed by atoms with Crippen LogP contribution >= 0.6 is 11.3 Å². The molecule has 0 saturated heterocycles. The average Bonchev–Trinajstić information content (AvgIpc) is 2.77. The number of hydrogen-bond acceptors (Lipinski definition) is 4. The van der Waals surface area contributed by atoms with Crippen molar-refractivity contribution in [1.29, 1.82) is 0 Å². The van der Waals surface area contributed by atoms with E-state index < -0.39 is 0 Å². The second kappa shape index (κ2) is 6.95. The Kier molecular flexibility index (Phi) is 5.86. The summed E-state index contributed by atoms with van der Waals surface area (Å²) in [5, 5.41) is 2.07. The molecule has 0 aliphatic heterocycles. The van der Waals surface area contributed by atoms with Crippen LogP contribution in [0.3, 0.4) is 0 Å². The summed E-state index contributed by atoms with van der Waals surface area (Å²) >= 11 is 1.72. The number of ether oxygens (including phenoxy) is 1. The van der Waals surface area contributed by atoms with E-state index in [-0.39, 0.29) is 6.04 Å². The zero-order valence-electron chi connectivity index (χ0n) is 9.48. The highest BCUT2D eigenvalue weighted by atomic mass is 32.1. The molecule has 1 unspecified atom stereocenters. The summed E-state index contributed by atoms with van der Waals surface area (Å²) in [5.74, 6) is 0. The second-order valence-corrected chi connectivity index (χ2v) is 4.49. The maximum atomic E-state index is 6.12. The molecule has 1 atom stereocenters. The maximum Gasteiger partial charge on any atom is 0.0589 e. The van der Waals surface area contributed by atoms with Crippen molar-refractivity contribution in [2.24, 2.45) is 5.73 Å². The molecule has 4 heteroatoms. The third-order valence-corrected chi connectivity index (χ3v) is 3.43. The van der Waals surface area contributed by atoms with Crippen LogP contribution in [0.15, 0.2) is 17.5 Å². The van der Waals surface area contributed by atoms with Gasteiger partial charge < -0.3 is 10.5 Å². The van der Waals surface area contributed by atoms with Crippen molar-refractivity contribution in [3.05, 3.63) is 22.4 Å². The highest BCUT2D eigenvalue weighted by Crippen LogP contribution is 2.17. The maximum absolute atomic E-state index is 6.12. The number of methoxy groups -OCH3 is 1. The molecular weight excluding hydrogens is 208 g/mol. The molecule has 0 aromatic carbocycles. The zero-order valence-corrected chi connectivity index (χ0v) is 10.3. The van der Waals surface area contributed by atoms with Crippen molar-refractivity contribution < 1.29 is 4.74 Å². The molecule has 2 N–H and O–H groups in total. The lowest BCUT2D eigenvalue weighted by Gasteiger charge is -2.23. The Balaban J connectivity index is 2.37. The Labute approximate surface area is 95.8 Å².